The normalized spacial score (nSPS) is 9.75. The van der Waals surface area contributed by atoms with E-state index >= 15 is 0 Å². The molecule has 12 heavy (non-hydrogen) atoms. The van der Waals surface area contributed by atoms with Crippen LogP contribution in [0.2, 0.25) is 0 Å². The Hall–Kier alpha value is -1.13. The summed E-state index contributed by atoms with van der Waals surface area (Å²) >= 11 is 0. The summed E-state index contributed by atoms with van der Waals surface area (Å²) in [5.74, 6) is 0. The van der Waals surface area contributed by atoms with E-state index in [4.69, 9.17) is 5.11 Å². The first kappa shape index (κ1) is 8.96. The average Bonchev–Trinajstić information content (AvgIpc) is 2.50. The van der Waals surface area contributed by atoms with Gasteiger partial charge in [-0.3, -0.25) is 10.1 Å². The van der Waals surface area contributed by atoms with Crippen molar-refractivity contribution in [1.29, 1.82) is 0 Å². The summed E-state index contributed by atoms with van der Waals surface area (Å²) in [5, 5.41) is 16.4. The van der Waals surface area contributed by atoms with Crippen LogP contribution < -0.4 is 0 Å². The lowest BCUT2D eigenvalue weighted by molar-refractivity contribution is 0.278. The summed E-state index contributed by atoms with van der Waals surface area (Å²) in [5.41, 5.74) is 1.57. The molecule has 2 rings (SSSR count). The van der Waals surface area contributed by atoms with Crippen LogP contribution in [0.25, 0.3) is 10.9 Å². The van der Waals surface area contributed by atoms with Crippen molar-refractivity contribution in [3.63, 3.8) is 0 Å². The lowest BCUT2D eigenvalue weighted by atomic mass is 10.2. The Bertz CT molecular complexity index is 373. The van der Waals surface area contributed by atoms with Crippen molar-refractivity contribution in [2.45, 2.75) is 6.61 Å². The number of H-pyrrole nitrogens is 1. The summed E-state index contributed by atoms with van der Waals surface area (Å²) in [7, 11) is 0. The number of aromatic amines is 1. The maximum Gasteiger partial charge on any atom is 0.0860 e. The van der Waals surface area contributed by atoms with E-state index in [2.05, 4.69) is 15.2 Å². The molecule has 2 aromatic rings. The Labute approximate surface area is 75.0 Å². The third-order valence-corrected chi connectivity index (χ3v) is 1.60. The van der Waals surface area contributed by atoms with E-state index in [1.807, 2.05) is 6.07 Å². The summed E-state index contributed by atoms with van der Waals surface area (Å²) < 4.78 is 0. The summed E-state index contributed by atoms with van der Waals surface area (Å²) in [6.45, 7) is -0.0448. The zero-order valence-corrected chi connectivity index (χ0v) is 7.01. The van der Waals surface area contributed by atoms with Crippen LogP contribution in [0.15, 0.2) is 18.5 Å². The predicted octanol–water partition coefficient (Wildman–Crippen LogP) is 0.872. The van der Waals surface area contributed by atoms with Crippen LogP contribution in [0.3, 0.4) is 0 Å². The van der Waals surface area contributed by atoms with Crippen LogP contribution in [0.5, 0.6) is 0 Å². The van der Waals surface area contributed by atoms with E-state index in [0.717, 1.165) is 10.9 Å². The van der Waals surface area contributed by atoms with Crippen molar-refractivity contribution >= 4 is 23.3 Å². The third kappa shape index (κ3) is 1.26. The number of hydrogen-bond acceptors (Lipinski definition) is 3. The molecule has 0 aliphatic heterocycles. The third-order valence-electron chi connectivity index (χ3n) is 1.60. The highest BCUT2D eigenvalue weighted by molar-refractivity contribution is 5.85. The molecule has 0 fully saturated rings. The minimum Gasteiger partial charge on any atom is -0.390 e. The Morgan fingerprint density at radius 3 is 3.08 bits per heavy atom. The first-order chi connectivity index (χ1) is 5.42. The van der Waals surface area contributed by atoms with Crippen LogP contribution in [0.1, 0.15) is 5.69 Å². The minimum absolute atomic E-state index is 0. The minimum atomic E-state index is -0.0448. The summed E-state index contributed by atoms with van der Waals surface area (Å²) in [4.78, 5) is 3.99. The quantitative estimate of drug-likeness (QED) is 0.693. The highest BCUT2D eigenvalue weighted by Crippen LogP contribution is 2.12. The SMILES string of the molecule is Cl.OCc1nccc2[nH]ncc12. The van der Waals surface area contributed by atoms with Gasteiger partial charge in [-0.1, -0.05) is 0 Å². The second kappa shape index (κ2) is 3.51. The number of nitrogens with one attached hydrogen (secondary N) is 1. The summed E-state index contributed by atoms with van der Waals surface area (Å²) in [6.07, 6.45) is 3.31. The van der Waals surface area contributed by atoms with E-state index in [-0.39, 0.29) is 19.0 Å². The first-order valence-corrected chi connectivity index (χ1v) is 3.29. The molecule has 5 heteroatoms. The molecule has 0 aliphatic rings. The molecular formula is C7H8ClN3O. The van der Waals surface area contributed by atoms with Crippen molar-refractivity contribution in [1.82, 2.24) is 15.2 Å². The monoisotopic (exact) mass is 185 g/mol. The molecule has 2 N–H and O–H groups in total. The molecule has 0 radical (unpaired) electrons. The topological polar surface area (TPSA) is 61.8 Å². The van der Waals surface area contributed by atoms with Gasteiger partial charge in [0.15, 0.2) is 0 Å². The van der Waals surface area contributed by atoms with E-state index in [1.165, 1.54) is 0 Å². The van der Waals surface area contributed by atoms with Gasteiger partial charge in [0.1, 0.15) is 0 Å². The van der Waals surface area contributed by atoms with Gasteiger partial charge in [0.05, 0.1) is 24.0 Å². The highest BCUT2D eigenvalue weighted by atomic mass is 35.5. The number of aromatic nitrogens is 3. The predicted molar refractivity (Wildman–Crippen MR) is 47.1 cm³/mol. The maximum atomic E-state index is 8.85. The lowest BCUT2D eigenvalue weighted by Crippen LogP contribution is -1.87. The average molecular weight is 186 g/mol. The zero-order valence-electron chi connectivity index (χ0n) is 6.19. The number of fused-ring (bicyclic) bond motifs is 1. The van der Waals surface area contributed by atoms with Gasteiger partial charge < -0.3 is 5.11 Å². The number of aliphatic hydroxyl groups is 1. The van der Waals surface area contributed by atoms with E-state index < -0.39 is 0 Å². The molecule has 0 bridgehead atoms. The number of rotatable bonds is 1. The fourth-order valence-electron chi connectivity index (χ4n) is 1.05. The molecule has 0 atom stereocenters. The highest BCUT2D eigenvalue weighted by Gasteiger charge is 2.00. The Balaban J connectivity index is 0.000000720. The van der Waals surface area contributed by atoms with Crippen molar-refractivity contribution in [3.8, 4) is 0 Å². The molecule has 4 nitrogen and oxygen atoms in total. The maximum absolute atomic E-state index is 8.85. The fraction of sp³-hybridized carbons (Fsp3) is 0.143. The number of pyridine rings is 1. The standard InChI is InChI=1S/C7H7N3O.ClH/c11-4-7-5-3-9-10-6(5)1-2-8-7;/h1-3,11H,4H2,(H,9,10);1H. The van der Waals surface area contributed by atoms with Gasteiger partial charge in [0.2, 0.25) is 0 Å². The Morgan fingerprint density at radius 1 is 1.50 bits per heavy atom. The number of aliphatic hydroxyl groups excluding tert-OH is 1. The number of nitrogens with zero attached hydrogens (tertiary/aromatic N) is 2. The van der Waals surface area contributed by atoms with Gasteiger partial charge >= 0.3 is 0 Å². The van der Waals surface area contributed by atoms with Crippen molar-refractivity contribution < 1.29 is 5.11 Å². The van der Waals surface area contributed by atoms with Gasteiger partial charge in [-0.05, 0) is 6.07 Å². The van der Waals surface area contributed by atoms with Gasteiger partial charge in [-0.2, -0.15) is 5.10 Å². The van der Waals surface area contributed by atoms with E-state index in [1.54, 1.807) is 12.4 Å². The number of halogens is 1. The van der Waals surface area contributed by atoms with Gasteiger partial charge in [0, 0.05) is 11.6 Å². The molecule has 0 aliphatic carbocycles. The molecule has 0 unspecified atom stereocenters. The molecular weight excluding hydrogens is 178 g/mol. The van der Waals surface area contributed by atoms with Gasteiger partial charge in [0.25, 0.3) is 0 Å². The molecule has 2 aromatic heterocycles. The van der Waals surface area contributed by atoms with Gasteiger partial charge in [-0.25, -0.2) is 0 Å². The van der Waals surface area contributed by atoms with Crippen LogP contribution in [0, 0.1) is 0 Å². The molecule has 0 spiro atoms. The second-order valence-corrected chi connectivity index (χ2v) is 2.25. The Kier molecular flexibility index (Phi) is 2.62. The van der Waals surface area contributed by atoms with E-state index in [0.29, 0.717) is 5.69 Å². The summed E-state index contributed by atoms with van der Waals surface area (Å²) in [6, 6.07) is 1.82. The smallest absolute Gasteiger partial charge is 0.0860 e. The Morgan fingerprint density at radius 2 is 2.33 bits per heavy atom. The largest absolute Gasteiger partial charge is 0.390 e. The van der Waals surface area contributed by atoms with Gasteiger partial charge in [-0.15, -0.1) is 12.4 Å². The fourth-order valence-corrected chi connectivity index (χ4v) is 1.05. The molecule has 0 saturated heterocycles. The van der Waals surface area contributed by atoms with Crippen LogP contribution in [-0.4, -0.2) is 20.3 Å². The van der Waals surface area contributed by atoms with Crippen molar-refractivity contribution in [2.24, 2.45) is 0 Å². The van der Waals surface area contributed by atoms with Crippen LogP contribution in [-0.2, 0) is 6.61 Å². The van der Waals surface area contributed by atoms with Crippen molar-refractivity contribution in [2.75, 3.05) is 0 Å². The molecule has 64 valence electrons. The number of hydrogen-bond donors (Lipinski definition) is 2. The van der Waals surface area contributed by atoms with Crippen molar-refractivity contribution in [3.05, 3.63) is 24.2 Å². The van der Waals surface area contributed by atoms with Crippen LogP contribution in [0.4, 0.5) is 0 Å². The molecule has 2 heterocycles. The van der Waals surface area contributed by atoms with E-state index in [9.17, 15) is 0 Å². The second-order valence-electron chi connectivity index (χ2n) is 2.25. The molecule has 0 amide bonds. The molecule has 0 aromatic carbocycles. The molecule has 0 saturated carbocycles. The lowest BCUT2D eigenvalue weighted by Gasteiger charge is -1.94. The zero-order chi connectivity index (χ0) is 7.68. The first-order valence-electron chi connectivity index (χ1n) is 3.29. The van der Waals surface area contributed by atoms with Crippen LogP contribution >= 0.6 is 12.4 Å².